The fraction of sp³-hybridized carbons (Fsp3) is 0.261. The van der Waals surface area contributed by atoms with Crippen LogP contribution in [0, 0.1) is 42.5 Å². The van der Waals surface area contributed by atoms with Gasteiger partial charge >= 0.3 is 0 Å². The van der Waals surface area contributed by atoms with E-state index in [4.69, 9.17) is 5.41 Å². The third-order valence-corrected chi connectivity index (χ3v) is 5.74. The van der Waals surface area contributed by atoms with Gasteiger partial charge in [-0.3, -0.25) is 9.20 Å². The fourth-order valence-corrected chi connectivity index (χ4v) is 4.07. The van der Waals surface area contributed by atoms with Gasteiger partial charge < -0.3 is 15.6 Å². The Kier molecular flexibility index (Phi) is 5.69. The van der Waals surface area contributed by atoms with Gasteiger partial charge in [0.2, 0.25) is 0 Å². The Morgan fingerprint density at radius 2 is 1.76 bits per heavy atom. The maximum Gasteiger partial charge on any atom is 0.273 e. The zero-order chi connectivity index (χ0) is 24.0. The molecule has 2 aromatic heterocycles. The van der Waals surface area contributed by atoms with Gasteiger partial charge in [0.25, 0.3) is 5.91 Å². The van der Waals surface area contributed by atoms with Gasteiger partial charge in [-0.05, 0) is 44.0 Å². The van der Waals surface area contributed by atoms with E-state index in [1.54, 1.807) is 19.9 Å². The minimum atomic E-state index is -1.57. The molecule has 0 atom stereocenters. The third-order valence-electron chi connectivity index (χ3n) is 5.74. The molecule has 3 heterocycles. The predicted molar refractivity (Wildman–Crippen MR) is 115 cm³/mol. The topological polar surface area (TPSA) is 73.5 Å². The van der Waals surface area contributed by atoms with Gasteiger partial charge in [0.15, 0.2) is 17.5 Å². The number of rotatable bonds is 3. The van der Waals surface area contributed by atoms with Crippen LogP contribution in [0.1, 0.15) is 33.7 Å². The number of likely N-dealkylation sites (tertiary alicyclic amines) is 1. The molecule has 0 saturated carbocycles. The number of carbonyl (C=O) groups is 1. The number of halogens is 4. The first-order valence-electron chi connectivity index (χ1n) is 10.2. The molecule has 6 nitrogen and oxygen atoms in total. The van der Waals surface area contributed by atoms with Crippen LogP contribution >= 0.6 is 0 Å². The van der Waals surface area contributed by atoms with Crippen molar-refractivity contribution in [2.45, 2.75) is 20.3 Å². The Morgan fingerprint density at radius 1 is 1.09 bits per heavy atom. The second-order valence-corrected chi connectivity index (χ2v) is 7.89. The summed E-state index contributed by atoms with van der Waals surface area (Å²) in [6.07, 6.45) is 1.44. The molecule has 3 aromatic rings. The van der Waals surface area contributed by atoms with E-state index < -0.39 is 29.2 Å². The van der Waals surface area contributed by atoms with Crippen LogP contribution in [0.2, 0.25) is 0 Å². The van der Waals surface area contributed by atoms with Gasteiger partial charge in [0.1, 0.15) is 17.2 Å². The minimum Gasteiger partial charge on any atom is -0.387 e. The molecule has 172 valence electrons. The van der Waals surface area contributed by atoms with Crippen molar-refractivity contribution in [3.05, 3.63) is 75.8 Å². The van der Waals surface area contributed by atoms with Gasteiger partial charge in [-0.15, -0.1) is 0 Å². The van der Waals surface area contributed by atoms with E-state index in [-0.39, 0.29) is 42.2 Å². The molecule has 4 rings (SSSR count). The van der Waals surface area contributed by atoms with Crippen LogP contribution < -0.4 is 5.32 Å². The van der Waals surface area contributed by atoms with Gasteiger partial charge in [-0.25, -0.2) is 22.5 Å². The molecular weight excluding hydrogens is 438 g/mol. The van der Waals surface area contributed by atoms with E-state index >= 15 is 0 Å². The van der Waals surface area contributed by atoms with Crippen molar-refractivity contribution in [2.75, 3.05) is 20.1 Å². The maximum absolute atomic E-state index is 14.1. The van der Waals surface area contributed by atoms with Gasteiger partial charge in [-0.2, -0.15) is 0 Å². The number of nitrogens with zero attached hydrogens (tertiary/aromatic N) is 3. The second kappa shape index (κ2) is 8.34. The highest BCUT2D eigenvalue weighted by Crippen LogP contribution is 2.27. The molecular formula is C23H21F4N5O. The Labute approximate surface area is 187 Å². The lowest BCUT2D eigenvalue weighted by atomic mass is 9.95. The summed E-state index contributed by atoms with van der Waals surface area (Å²) in [7, 11) is 1.53. The van der Waals surface area contributed by atoms with E-state index in [1.807, 2.05) is 0 Å². The fourth-order valence-electron chi connectivity index (χ4n) is 4.07. The highest BCUT2D eigenvalue weighted by atomic mass is 19.2. The Morgan fingerprint density at radius 3 is 2.36 bits per heavy atom. The molecule has 1 amide bonds. The number of hydrogen-bond acceptors (Lipinski definition) is 4. The number of carbonyl (C=O) groups excluding carboxylic acids is 1. The standard InChI is InChI=1S/C23H21F4N5O/c1-11-6-19-30-12(2)22(32(19)9-17(11)26)23(33)31-5-4-14(18(28)10-31)21(29-3)13-7-15(24)20(27)16(25)8-13/h6-9,28-29H,4-5,10H2,1-3H3/b21-14-,28-18?. The molecule has 1 fully saturated rings. The van der Waals surface area contributed by atoms with E-state index in [1.165, 1.54) is 22.5 Å². The first-order valence-corrected chi connectivity index (χ1v) is 10.2. The summed E-state index contributed by atoms with van der Waals surface area (Å²) in [5.41, 5.74) is 2.38. The van der Waals surface area contributed by atoms with Crippen LogP contribution in [-0.2, 0) is 0 Å². The molecule has 10 heteroatoms. The van der Waals surface area contributed by atoms with Crippen molar-refractivity contribution in [3.63, 3.8) is 0 Å². The largest absolute Gasteiger partial charge is 0.387 e. The summed E-state index contributed by atoms with van der Waals surface area (Å²) in [6, 6.07) is 3.28. The number of fused-ring (bicyclic) bond motifs is 1. The van der Waals surface area contributed by atoms with E-state index in [9.17, 15) is 22.4 Å². The van der Waals surface area contributed by atoms with Crippen molar-refractivity contribution in [2.24, 2.45) is 0 Å². The first-order chi connectivity index (χ1) is 15.6. The zero-order valence-corrected chi connectivity index (χ0v) is 18.2. The van der Waals surface area contributed by atoms with Crippen LogP contribution in [0.25, 0.3) is 11.3 Å². The smallest absolute Gasteiger partial charge is 0.273 e. The number of nitrogens with one attached hydrogen (secondary N) is 2. The number of aryl methyl sites for hydroxylation is 2. The average molecular weight is 459 g/mol. The lowest BCUT2D eigenvalue weighted by molar-refractivity contribution is 0.0768. The van der Waals surface area contributed by atoms with E-state index in [2.05, 4.69) is 10.3 Å². The highest BCUT2D eigenvalue weighted by molar-refractivity contribution is 6.08. The Hall–Kier alpha value is -3.69. The molecule has 1 aromatic carbocycles. The van der Waals surface area contributed by atoms with Crippen LogP contribution in [0.3, 0.4) is 0 Å². The minimum absolute atomic E-state index is 0.0630. The monoisotopic (exact) mass is 459 g/mol. The van der Waals surface area contributed by atoms with Crippen molar-refractivity contribution in [3.8, 4) is 0 Å². The number of aromatic nitrogens is 2. The molecule has 33 heavy (non-hydrogen) atoms. The number of imidazole rings is 1. The maximum atomic E-state index is 14.1. The lowest BCUT2D eigenvalue weighted by Crippen LogP contribution is -2.42. The van der Waals surface area contributed by atoms with Crippen molar-refractivity contribution in [1.29, 1.82) is 5.41 Å². The van der Waals surface area contributed by atoms with Crippen LogP contribution in [0.4, 0.5) is 17.6 Å². The number of pyridine rings is 1. The molecule has 1 aliphatic heterocycles. The van der Waals surface area contributed by atoms with Gasteiger partial charge in [0, 0.05) is 36.6 Å². The molecule has 0 unspecified atom stereocenters. The molecule has 0 spiro atoms. The average Bonchev–Trinajstić information content (AvgIpc) is 3.07. The number of amides is 1. The van der Waals surface area contributed by atoms with Gasteiger partial charge in [0.05, 0.1) is 18.0 Å². The van der Waals surface area contributed by atoms with Crippen molar-refractivity contribution >= 4 is 23.0 Å². The van der Waals surface area contributed by atoms with Crippen LogP contribution in [0.5, 0.6) is 0 Å². The van der Waals surface area contributed by atoms with E-state index in [0.29, 0.717) is 22.5 Å². The second-order valence-electron chi connectivity index (χ2n) is 7.89. The lowest BCUT2D eigenvalue weighted by Gasteiger charge is -2.30. The Balaban J connectivity index is 1.65. The molecule has 0 bridgehead atoms. The quantitative estimate of drug-likeness (QED) is 0.459. The molecule has 1 saturated heterocycles. The van der Waals surface area contributed by atoms with Crippen molar-refractivity contribution < 1.29 is 22.4 Å². The van der Waals surface area contributed by atoms with E-state index in [0.717, 1.165) is 12.1 Å². The molecule has 0 aliphatic carbocycles. The molecule has 1 aliphatic rings. The number of hydrogen-bond donors (Lipinski definition) is 2. The third kappa shape index (κ3) is 3.85. The first kappa shape index (κ1) is 22.5. The summed E-state index contributed by atoms with van der Waals surface area (Å²) >= 11 is 0. The number of piperidine rings is 1. The summed E-state index contributed by atoms with van der Waals surface area (Å²) < 4.78 is 56.4. The highest BCUT2D eigenvalue weighted by Gasteiger charge is 2.29. The number of benzene rings is 1. The van der Waals surface area contributed by atoms with Crippen molar-refractivity contribution in [1.82, 2.24) is 19.6 Å². The zero-order valence-electron chi connectivity index (χ0n) is 18.2. The summed E-state index contributed by atoms with van der Waals surface area (Å²) in [6.45, 7) is 3.42. The Bertz CT molecular complexity index is 1320. The van der Waals surface area contributed by atoms with Gasteiger partial charge in [-0.1, -0.05) is 0 Å². The molecule has 2 N–H and O–H groups in total. The summed E-state index contributed by atoms with van der Waals surface area (Å²) in [5, 5.41) is 11.3. The van der Waals surface area contributed by atoms with Crippen LogP contribution in [-0.4, -0.2) is 46.0 Å². The molecule has 0 radical (unpaired) electrons. The SMILES string of the molecule is CN/C(=C1/CCN(C(=O)c2c(C)nc3cc(C)c(F)cn23)CC1=N)c1cc(F)c(F)c(F)c1. The normalized spacial score (nSPS) is 15.8. The predicted octanol–water partition coefficient (Wildman–Crippen LogP) is 4.00. The van der Waals surface area contributed by atoms with Crippen LogP contribution in [0.15, 0.2) is 30.0 Å². The summed E-state index contributed by atoms with van der Waals surface area (Å²) in [5.74, 6) is -5.10. The summed E-state index contributed by atoms with van der Waals surface area (Å²) in [4.78, 5) is 19.0.